The van der Waals surface area contributed by atoms with Crippen molar-refractivity contribution in [2.45, 2.75) is 38.3 Å². The minimum atomic E-state index is -4.51. The number of benzene rings is 1. The first-order chi connectivity index (χ1) is 12.2. The zero-order valence-corrected chi connectivity index (χ0v) is 14.4. The minimum absolute atomic E-state index is 0.157. The number of Topliss-reactive ketones (excluding diaryl/α,β-unsaturated/α-hetero) is 1. The van der Waals surface area contributed by atoms with Gasteiger partial charge in [-0.3, -0.25) is 4.79 Å². The second-order valence-electron chi connectivity index (χ2n) is 6.38. The van der Waals surface area contributed by atoms with E-state index in [4.69, 9.17) is 4.74 Å². The molecule has 0 saturated carbocycles. The molecule has 0 unspecified atom stereocenters. The summed E-state index contributed by atoms with van der Waals surface area (Å²) in [6, 6.07) is 4.77. The van der Waals surface area contributed by atoms with Crippen LogP contribution < -0.4 is 5.32 Å². The predicted molar refractivity (Wildman–Crippen MR) is 87.9 cm³/mol. The fraction of sp³-hybridized carbons (Fsp3) is 0.368. The lowest BCUT2D eigenvalue weighted by Gasteiger charge is -2.34. The summed E-state index contributed by atoms with van der Waals surface area (Å²) in [5.74, 6) is -1.69. The molecule has 0 saturated heterocycles. The van der Waals surface area contributed by atoms with Crippen molar-refractivity contribution in [2.75, 3.05) is 7.11 Å². The molecule has 3 rings (SSSR count). The maximum absolute atomic E-state index is 13.1. The first kappa shape index (κ1) is 18.2. The molecular formula is C19H18F3NO3. The molecule has 0 radical (unpaired) electrons. The summed E-state index contributed by atoms with van der Waals surface area (Å²) in [6.07, 6.45) is -2.92. The summed E-state index contributed by atoms with van der Waals surface area (Å²) in [6.45, 7) is 1.66. The Labute approximate surface area is 148 Å². The number of allylic oxidation sites excluding steroid dienone is 3. The van der Waals surface area contributed by atoms with E-state index in [2.05, 4.69) is 5.32 Å². The first-order valence-corrected chi connectivity index (χ1v) is 8.23. The summed E-state index contributed by atoms with van der Waals surface area (Å²) < 4.78 is 44.3. The highest BCUT2D eigenvalue weighted by atomic mass is 19.4. The highest BCUT2D eigenvalue weighted by molar-refractivity contribution is 6.03. The minimum Gasteiger partial charge on any atom is -0.466 e. The van der Waals surface area contributed by atoms with Crippen LogP contribution in [-0.4, -0.2) is 18.9 Å². The van der Waals surface area contributed by atoms with Crippen LogP contribution in [0.2, 0.25) is 0 Å². The van der Waals surface area contributed by atoms with Crippen molar-refractivity contribution in [3.63, 3.8) is 0 Å². The molecule has 26 heavy (non-hydrogen) atoms. The molecule has 0 amide bonds. The zero-order valence-electron chi connectivity index (χ0n) is 14.4. The standard InChI is InChI=1S/C19H18F3NO3/c1-10-15(18(25)26-2)16(17-13(23-10)7-4-8-14(17)24)11-5-3-6-12(9-11)19(20,21)22/h3,5-6,9,16,23H,4,7-8H2,1-2H3/t16-/m0/s1. The van der Waals surface area contributed by atoms with Crippen LogP contribution in [-0.2, 0) is 20.5 Å². The summed E-state index contributed by atoms with van der Waals surface area (Å²) in [5, 5.41) is 3.07. The predicted octanol–water partition coefficient (Wildman–Crippen LogP) is 3.85. The molecule has 1 aliphatic heterocycles. The van der Waals surface area contributed by atoms with Crippen LogP contribution in [0.5, 0.6) is 0 Å². The number of hydrogen-bond acceptors (Lipinski definition) is 4. The van der Waals surface area contributed by atoms with Gasteiger partial charge in [0.1, 0.15) is 0 Å². The van der Waals surface area contributed by atoms with Crippen LogP contribution in [0, 0.1) is 0 Å². The molecule has 1 aliphatic carbocycles. The molecular weight excluding hydrogens is 347 g/mol. The van der Waals surface area contributed by atoms with Gasteiger partial charge in [-0.1, -0.05) is 18.2 Å². The Morgan fingerprint density at radius 3 is 2.65 bits per heavy atom. The van der Waals surface area contributed by atoms with E-state index < -0.39 is 23.6 Å². The van der Waals surface area contributed by atoms with Crippen molar-refractivity contribution in [3.05, 3.63) is 57.9 Å². The molecule has 1 N–H and O–H groups in total. The smallest absolute Gasteiger partial charge is 0.416 e. The van der Waals surface area contributed by atoms with Gasteiger partial charge in [0.25, 0.3) is 0 Å². The molecule has 7 heteroatoms. The Morgan fingerprint density at radius 2 is 2.00 bits per heavy atom. The fourth-order valence-corrected chi connectivity index (χ4v) is 3.59. The molecule has 0 fully saturated rings. The number of rotatable bonds is 2. The SMILES string of the molecule is COC(=O)C1=C(C)NC2=C(C(=O)CCC2)[C@H]1c1cccc(C(F)(F)F)c1. The fourth-order valence-electron chi connectivity index (χ4n) is 3.59. The van der Waals surface area contributed by atoms with Crippen molar-refractivity contribution in [1.82, 2.24) is 5.32 Å². The largest absolute Gasteiger partial charge is 0.466 e. The summed E-state index contributed by atoms with van der Waals surface area (Å²) >= 11 is 0. The van der Waals surface area contributed by atoms with Crippen LogP contribution in [0.25, 0.3) is 0 Å². The summed E-state index contributed by atoms with van der Waals surface area (Å²) in [5.41, 5.74) is 1.13. The van der Waals surface area contributed by atoms with Gasteiger partial charge in [0.05, 0.1) is 18.2 Å². The average molecular weight is 365 g/mol. The number of methoxy groups -OCH3 is 1. The van der Waals surface area contributed by atoms with E-state index >= 15 is 0 Å². The number of halogens is 3. The second kappa shape index (κ2) is 6.63. The lowest BCUT2D eigenvalue weighted by atomic mass is 9.75. The van der Waals surface area contributed by atoms with E-state index in [1.165, 1.54) is 19.2 Å². The van der Waals surface area contributed by atoms with E-state index in [0.717, 1.165) is 12.1 Å². The Bertz CT molecular complexity index is 837. The van der Waals surface area contributed by atoms with E-state index in [-0.39, 0.29) is 16.9 Å². The van der Waals surface area contributed by atoms with Gasteiger partial charge in [-0.15, -0.1) is 0 Å². The lowest BCUT2D eigenvalue weighted by molar-refractivity contribution is -0.137. The van der Waals surface area contributed by atoms with Gasteiger partial charge >= 0.3 is 12.1 Å². The van der Waals surface area contributed by atoms with E-state index in [0.29, 0.717) is 36.2 Å². The number of ether oxygens (including phenoxy) is 1. The van der Waals surface area contributed by atoms with Crippen LogP contribution >= 0.6 is 0 Å². The number of esters is 1. The van der Waals surface area contributed by atoms with Crippen molar-refractivity contribution in [1.29, 1.82) is 0 Å². The Kier molecular flexibility index (Phi) is 4.64. The van der Waals surface area contributed by atoms with Gasteiger partial charge in [-0.25, -0.2) is 4.79 Å². The first-order valence-electron chi connectivity index (χ1n) is 8.23. The summed E-state index contributed by atoms with van der Waals surface area (Å²) in [7, 11) is 1.21. The Morgan fingerprint density at radius 1 is 1.27 bits per heavy atom. The number of alkyl halides is 3. The Hall–Kier alpha value is -2.57. The van der Waals surface area contributed by atoms with E-state index in [9.17, 15) is 22.8 Å². The van der Waals surface area contributed by atoms with Crippen LogP contribution in [0.3, 0.4) is 0 Å². The maximum Gasteiger partial charge on any atom is 0.416 e. The van der Waals surface area contributed by atoms with Gasteiger partial charge in [-0.05, 0) is 31.4 Å². The van der Waals surface area contributed by atoms with Crippen molar-refractivity contribution in [3.8, 4) is 0 Å². The van der Waals surface area contributed by atoms with Gasteiger partial charge in [0.15, 0.2) is 5.78 Å². The Balaban J connectivity index is 2.21. The molecule has 0 aromatic heterocycles. The molecule has 138 valence electrons. The highest BCUT2D eigenvalue weighted by Gasteiger charge is 2.40. The normalized spacial score (nSPS) is 20.7. The van der Waals surface area contributed by atoms with E-state index in [1.54, 1.807) is 6.92 Å². The lowest BCUT2D eigenvalue weighted by Crippen LogP contribution is -2.34. The topological polar surface area (TPSA) is 55.4 Å². The third-order valence-corrected chi connectivity index (χ3v) is 4.73. The van der Waals surface area contributed by atoms with Gasteiger partial charge in [0, 0.05) is 29.3 Å². The number of ketones is 1. The molecule has 0 bridgehead atoms. The van der Waals surface area contributed by atoms with Crippen molar-refractivity contribution >= 4 is 11.8 Å². The van der Waals surface area contributed by atoms with Crippen LogP contribution in [0.15, 0.2) is 46.8 Å². The maximum atomic E-state index is 13.1. The molecule has 1 aromatic rings. The average Bonchev–Trinajstić information content (AvgIpc) is 2.59. The highest BCUT2D eigenvalue weighted by Crippen LogP contribution is 2.43. The van der Waals surface area contributed by atoms with Gasteiger partial charge in [-0.2, -0.15) is 13.2 Å². The molecule has 4 nitrogen and oxygen atoms in total. The molecule has 0 spiro atoms. The van der Waals surface area contributed by atoms with Crippen molar-refractivity contribution < 1.29 is 27.5 Å². The van der Waals surface area contributed by atoms with Crippen LogP contribution in [0.1, 0.15) is 43.2 Å². The molecule has 1 aromatic carbocycles. The number of carbonyl (C=O) groups excluding carboxylic acids is 2. The van der Waals surface area contributed by atoms with Crippen molar-refractivity contribution in [2.24, 2.45) is 0 Å². The molecule has 1 heterocycles. The summed E-state index contributed by atoms with van der Waals surface area (Å²) in [4.78, 5) is 24.9. The quantitative estimate of drug-likeness (QED) is 0.809. The van der Waals surface area contributed by atoms with Crippen LogP contribution in [0.4, 0.5) is 13.2 Å². The van der Waals surface area contributed by atoms with Gasteiger partial charge in [0.2, 0.25) is 0 Å². The number of nitrogens with one attached hydrogen (secondary N) is 1. The third kappa shape index (κ3) is 3.13. The number of dihydropyridines is 1. The second-order valence-corrected chi connectivity index (χ2v) is 6.38. The number of carbonyl (C=O) groups is 2. The zero-order chi connectivity index (χ0) is 19.1. The number of hydrogen-bond donors (Lipinski definition) is 1. The molecule has 2 aliphatic rings. The third-order valence-electron chi connectivity index (χ3n) is 4.73. The monoisotopic (exact) mass is 365 g/mol. The van der Waals surface area contributed by atoms with E-state index in [1.807, 2.05) is 0 Å². The van der Waals surface area contributed by atoms with Gasteiger partial charge < -0.3 is 10.1 Å². The molecule has 1 atom stereocenters.